The number of likely N-dealkylation sites (tertiary alicyclic amines) is 2. The second-order valence-corrected chi connectivity index (χ2v) is 7.85. The number of likely N-dealkylation sites (N-methyl/N-ethyl adjacent to an activating group) is 1. The highest BCUT2D eigenvalue weighted by Gasteiger charge is 2.42. The second kappa shape index (κ2) is 4.78. The van der Waals surface area contributed by atoms with E-state index in [1.807, 2.05) is 4.90 Å². The Balaban J connectivity index is 1.81. The molecule has 0 aliphatic carbocycles. The highest BCUT2D eigenvalue weighted by Crippen LogP contribution is 2.36. The van der Waals surface area contributed by atoms with Crippen molar-refractivity contribution in [3.63, 3.8) is 0 Å². The maximum Gasteiger partial charge on any atom is 0.264 e. The molecule has 6 heteroatoms. The largest absolute Gasteiger partial charge is 0.333 e. The zero-order valence-electron chi connectivity index (χ0n) is 10.0. The quantitative estimate of drug-likeness (QED) is 0.778. The van der Waals surface area contributed by atoms with E-state index in [9.17, 15) is 4.79 Å². The maximum absolute atomic E-state index is 12.5. The minimum Gasteiger partial charge on any atom is -0.333 e. The molecule has 0 saturated carbocycles. The van der Waals surface area contributed by atoms with Crippen molar-refractivity contribution in [3.05, 3.63) is 19.8 Å². The van der Waals surface area contributed by atoms with Crippen LogP contribution < -0.4 is 0 Å². The van der Waals surface area contributed by atoms with Gasteiger partial charge in [-0.3, -0.25) is 4.79 Å². The van der Waals surface area contributed by atoms with Crippen molar-refractivity contribution < 1.29 is 4.79 Å². The first-order valence-corrected chi connectivity index (χ1v) is 7.99. The number of hydrogen-bond acceptors (Lipinski definition) is 3. The summed E-state index contributed by atoms with van der Waals surface area (Å²) in [7, 11) is 2.12. The van der Waals surface area contributed by atoms with Gasteiger partial charge in [-0.2, -0.15) is 0 Å². The van der Waals surface area contributed by atoms with E-state index in [4.69, 9.17) is 11.6 Å². The smallest absolute Gasteiger partial charge is 0.264 e. The number of carbonyl (C=O) groups is 1. The Morgan fingerprint density at radius 2 is 2.33 bits per heavy atom. The Labute approximate surface area is 124 Å². The van der Waals surface area contributed by atoms with E-state index in [-0.39, 0.29) is 5.91 Å². The van der Waals surface area contributed by atoms with E-state index in [1.165, 1.54) is 11.3 Å². The van der Waals surface area contributed by atoms with Gasteiger partial charge < -0.3 is 9.80 Å². The van der Waals surface area contributed by atoms with Gasteiger partial charge in [-0.15, -0.1) is 11.3 Å². The molecule has 1 aromatic rings. The number of carbonyl (C=O) groups excluding carboxylic acids is 1. The molecule has 0 unspecified atom stereocenters. The molecule has 1 aromatic heterocycles. The van der Waals surface area contributed by atoms with E-state index < -0.39 is 0 Å². The van der Waals surface area contributed by atoms with E-state index in [1.54, 1.807) is 6.07 Å². The number of rotatable bonds is 1. The Morgan fingerprint density at radius 3 is 3.00 bits per heavy atom. The third-order valence-electron chi connectivity index (χ3n) is 3.85. The molecule has 0 bridgehead atoms. The lowest BCUT2D eigenvalue weighted by molar-refractivity contribution is 0.0734. The average molecular weight is 350 g/mol. The summed E-state index contributed by atoms with van der Waals surface area (Å²) < 4.78 is 0.840. The second-order valence-electron chi connectivity index (χ2n) is 5.07. The standard InChI is InChI=1S/C12H14BrClN2OS/c1-15-5-7-2-3-16(9(7)6-15)12(17)10-4-8(14)11(13)18-10/h4,7,9H,2-3,5-6H2,1H3/t7-,9+/m0/s1. The molecule has 0 N–H and O–H groups in total. The average Bonchev–Trinajstić information content (AvgIpc) is 2.93. The zero-order valence-corrected chi connectivity index (χ0v) is 13.2. The zero-order chi connectivity index (χ0) is 12.9. The van der Waals surface area contributed by atoms with Crippen LogP contribution in [0.4, 0.5) is 0 Å². The molecule has 2 saturated heterocycles. The molecular formula is C12H14BrClN2OS. The minimum atomic E-state index is 0.135. The summed E-state index contributed by atoms with van der Waals surface area (Å²) in [5.74, 6) is 0.785. The molecule has 1 amide bonds. The van der Waals surface area contributed by atoms with Gasteiger partial charge in [0.25, 0.3) is 5.91 Å². The third-order valence-corrected chi connectivity index (χ3v) is 6.31. The van der Waals surface area contributed by atoms with E-state index in [0.717, 1.165) is 34.7 Å². The van der Waals surface area contributed by atoms with Crippen molar-refractivity contribution in [3.8, 4) is 0 Å². The van der Waals surface area contributed by atoms with Gasteiger partial charge in [0.05, 0.1) is 13.7 Å². The molecule has 3 rings (SSSR count). The van der Waals surface area contributed by atoms with E-state index in [0.29, 0.717) is 17.0 Å². The number of halogens is 2. The van der Waals surface area contributed by atoms with Gasteiger partial charge in [0.15, 0.2) is 0 Å². The van der Waals surface area contributed by atoms with Crippen LogP contribution in [0.25, 0.3) is 0 Å². The number of hydrogen-bond donors (Lipinski definition) is 0. The van der Waals surface area contributed by atoms with E-state index in [2.05, 4.69) is 27.9 Å². The van der Waals surface area contributed by atoms with Gasteiger partial charge in [0.1, 0.15) is 0 Å². The van der Waals surface area contributed by atoms with Gasteiger partial charge in [0.2, 0.25) is 0 Å². The molecule has 2 aliphatic heterocycles. The van der Waals surface area contributed by atoms with Crippen molar-refractivity contribution in [1.82, 2.24) is 9.80 Å². The van der Waals surface area contributed by atoms with Crippen molar-refractivity contribution in [2.75, 3.05) is 26.7 Å². The van der Waals surface area contributed by atoms with Gasteiger partial charge in [-0.25, -0.2) is 0 Å². The third kappa shape index (κ3) is 2.11. The van der Waals surface area contributed by atoms with Crippen LogP contribution in [0.5, 0.6) is 0 Å². The topological polar surface area (TPSA) is 23.6 Å². The van der Waals surface area contributed by atoms with Gasteiger partial charge in [0, 0.05) is 25.7 Å². The summed E-state index contributed by atoms with van der Waals surface area (Å²) in [6.45, 7) is 3.00. The molecule has 0 spiro atoms. The molecule has 2 aliphatic rings. The van der Waals surface area contributed by atoms with Gasteiger partial charge in [-0.05, 0) is 41.4 Å². The van der Waals surface area contributed by atoms with Crippen molar-refractivity contribution >= 4 is 44.8 Å². The predicted octanol–water partition coefficient (Wildman–Crippen LogP) is 2.94. The monoisotopic (exact) mass is 348 g/mol. The fourth-order valence-corrected chi connectivity index (χ4v) is 4.68. The van der Waals surface area contributed by atoms with Crippen LogP contribution >= 0.6 is 38.9 Å². The van der Waals surface area contributed by atoms with Crippen LogP contribution in [0.1, 0.15) is 16.1 Å². The summed E-state index contributed by atoms with van der Waals surface area (Å²) in [6.07, 6.45) is 1.13. The van der Waals surface area contributed by atoms with Crippen molar-refractivity contribution in [1.29, 1.82) is 0 Å². The summed E-state index contributed by atoms with van der Waals surface area (Å²) in [4.78, 5) is 17.6. The molecule has 18 heavy (non-hydrogen) atoms. The van der Waals surface area contributed by atoms with Crippen LogP contribution in [0.2, 0.25) is 5.02 Å². The predicted molar refractivity (Wildman–Crippen MR) is 77.5 cm³/mol. The first kappa shape index (κ1) is 12.9. The first-order valence-electron chi connectivity index (χ1n) is 6.00. The van der Waals surface area contributed by atoms with Gasteiger partial charge in [-0.1, -0.05) is 11.6 Å². The van der Waals surface area contributed by atoms with Crippen LogP contribution in [0, 0.1) is 5.92 Å². The summed E-state index contributed by atoms with van der Waals surface area (Å²) >= 11 is 10.8. The number of amides is 1. The lowest BCUT2D eigenvalue weighted by atomic mass is 10.1. The Morgan fingerprint density at radius 1 is 1.56 bits per heavy atom. The molecule has 3 heterocycles. The molecular weight excluding hydrogens is 336 g/mol. The molecule has 98 valence electrons. The van der Waals surface area contributed by atoms with Crippen molar-refractivity contribution in [2.45, 2.75) is 12.5 Å². The number of thiophene rings is 1. The van der Waals surface area contributed by atoms with E-state index >= 15 is 0 Å². The molecule has 0 aromatic carbocycles. The lowest BCUT2D eigenvalue weighted by Gasteiger charge is -2.23. The summed E-state index contributed by atoms with van der Waals surface area (Å²) in [5.41, 5.74) is 0. The number of fused-ring (bicyclic) bond motifs is 1. The van der Waals surface area contributed by atoms with Crippen LogP contribution in [0.3, 0.4) is 0 Å². The molecule has 0 radical (unpaired) electrons. The molecule has 2 fully saturated rings. The Bertz CT molecular complexity index is 473. The first-order chi connectivity index (χ1) is 8.56. The maximum atomic E-state index is 12.5. The molecule has 2 atom stereocenters. The summed E-state index contributed by atoms with van der Waals surface area (Å²) in [6, 6.07) is 2.16. The van der Waals surface area contributed by atoms with Gasteiger partial charge >= 0.3 is 0 Å². The van der Waals surface area contributed by atoms with Crippen LogP contribution in [-0.2, 0) is 0 Å². The van der Waals surface area contributed by atoms with Crippen LogP contribution in [0.15, 0.2) is 9.85 Å². The lowest BCUT2D eigenvalue weighted by Crippen LogP contribution is -2.38. The minimum absolute atomic E-state index is 0.135. The highest BCUT2D eigenvalue weighted by molar-refractivity contribution is 9.11. The summed E-state index contributed by atoms with van der Waals surface area (Å²) in [5, 5.41) is 0.627. The van der Waals surface area contributed by atoms with Crippen LogP contribution in [-0.4, -0.2) is 48.4 Å². The van der Waals surface area contributed by atoms with Crippen molar-refractivity contribution in [2.24, 2.45) is 5.92 Å². The highest BCUT2D eigenvalue weighted by atomic mass is 79.9. The number of nitrogens with zero attached hydrogens (tertiary/aromatic N) is 2. The fourth-order valence-electron chi connectivity index (χ4n) is 3.02. The molecule has 3 nitrogen and oxygen atoms in total. The normalized spacial score (nSPS) is 27.8. The Hall–Kier alpha value is -0.100. The SMILES string of the molecule is CN1C[C@@H]2CCN(C(=O)c3cc(Cl)c(Br)s3)[C@@H]2C1. The Kier molecular flexibility index (Phi) is 3.43. The fraction of sp³-hybridized carbons (Fsp3) is 0.583.